The molecule has 0 saturated carbocycles. The van der Waals surface area contributed by atoms with E-state index in [1.165, 1.54) is 11.3 Å². The van der Waals surface area contributed by atoms with Crippen molar-refractivity contribution in [2.45, 2.75) is 19.1 Å². The Hall–Kier alpha value is -2.37. The molecule has 1 saturated heterocycles. The van der Waals surface area contributed by atoms with Crippen LogP contribution < -0.4 is 4.90 Å². The molecule has 0 aromatic heterocycles. The third-order valence-corrected chi connectivity index (χ3v) is 5.34. The van der Waals surface area contributed by atoms with E-state index in [2.05, 4.69) is 29.2 Å². The molecule has 2 aliphatic heterocycles. The van der Waals surface area contributed by atoms with Crippen LogP contribution in [0.4, 0.5) is 5.69 Å². The summed E-state index contributed by atoms with van der Waals surface area (Å²) in [6.07, 6.45) is 0.360. The van der Waals surface area contributed by atoms with Crippen molar-refractivity contribution >= 4 is 11.6 Å². The van der Waals surface area contributed by atoms with Crippen LogP contribution in [-0.4, -0.2) is 50.8 Å². The smallest absolute Gasteiger partial charge is 0.256 e. The van der Waals surface area contributed by atoms with E-state index in [1.807, 2.05) is 31.3 Å². The molecule has 1 atom stereocenters. The number of nitrogens with zero attached hydrogens (tertiary/aromatic N) is 2. The highest BCUT2D eigenvalue weighted by Crippen LogP contribution is 2.29. The van der Waals surface area contributed by atoms with E-state index in [0.717, 1.165) is 43.9 Å². The Kier molecular flexibility index (Phi) is 5.41. The second-order valence-corrected chi connectivity index (χ2v) is 7.12. The lowest BCUT2D eigenvalue weighted by Crippen LogP contribution is -2.38. The number of benzene rings is 2. The lowest BCUT2D eigenvalue weighted by atomic mass is 9.97. The van der Waals surface area contributed by atoms with Crippen LogP contribution in [0.3, 0.4) is 0 Å². The maximum absolute atomic E-state index is 13.1. The standard InChI is InChI=1S/C22H26N2O3/c1-23(22(25)21-19-8-4-2-6-17(19)10-13-27-21)16-18-7-3-5-9-20(18)24-11-14-26-15-12-24/h2-9,21H,10-16H2,1H3. The molecule has 0 aliphatic carbocycles. The summed E-state index contributed by atoms with van der Waals surface area (Å²) in [7, 11) is 1.86. The van der Waals surface area contributed by atoms with Gasteiger partial charge in [0.15, 0.2) is 6.10 Å². The van der Waals surface area contributed by atoms with E-state index in [-0.39, 0.29) is 5.91 Å². The van der Waals surface area contributed by atoms with Crippen LogP contribution >= 0.6 is 0 Å². The van der Waals surface area contributed by atoms with Crippen molar-refractivity contribution in [1.29, 1.82) is 0 Å². The Morgan fingerprint density at radius 3 is 2.67 bits per heavy atom. The van der Waals surface area contributed by atoms with Gasteiger partial charge in [-0.15, -0.1) is 0 Å². The van der Waals surface area contributed by atoms with Crippen molar-refractivity contribution in [2.75, 3.05) is 44.9 Å². The van der Waals surface area contributed by atoms with Gasteiger partial charge in [-0.2, -0.15) is 0 Å². The average Bonchev–Trinajstić information content (AvgIpc) is 2.74. The minimum Gasteiger partial charge on any atom is -0.378 e. The molecule has 0 bridgehead atoms. The summed E-state index contributed by atoms with van der Waals surface area (Å²) in [5.74, 6) is 0.0129. The van der Waals surface area contributed by atoms with Gasteiger partial charge in [-0.3, -0.25) is 4.79 Å². The van der Waals surface area contributed by atoms with Crippen LogP contribution in [-0.2, 0) is 27.2 Å². The molecule has 5 heteroatoms. The first-order valence-corrected chi connectivity index (χ1v) is 9.59. The number of para-hydroxylation sites is 1. The maximum atomic E-state index is 13.1. The lowest BCUT2D eigenvalue weighted by Gasteiger charge is -2.32. The van der Waals surface area contributed by atoms with E-state index in [9.17, 15) is 4.79 Å². The summed E-state index contributed by atoms with van der Waals surface area (Å²) in [4.78, 5) is 17.2. The summed E-state index contributed by atoms with van der Waals surface area (Å²) in [6, 6.07) is 16.4. The number of ether oxygens (including phenoxy) is 2. The molecule has 4 rings (SSSR count). The summed E-state index contributed by atoms with van der Waals surface area (Å²) in [5.41, 5.74) is 4.55. The quantitative estimate of drug-likeness (QED) is 0.835. The van der Waals surface area contributed by atoms with Crippen LogP contribution in [0, 0.1) is 0 Å². The van der Waals surface area contributed by atoms with E-state index in [0.29, 0.717) is 13.2 Å². The molecule has 2 aromatic carbocycles. The number of rotatable bonds is 4. The van der Waals surface area contributed by atoms with Crippen molar-refractivity contribution in [3.05, 3.63) is 65.2 Å². The van der Waals surface area contributed by atoms with Gasteiger partial charge in [0, 0.05) is 32.4 Å². The molecule has 27 heavy (non-hydrogen) atoms. The van der Waals surface area contributed by atoms with E-state index in [1.54, 1.807) is 4.90 Å². The molecular formula is C22H26N2O3. The zero-order valence-corrected chi connectivity index (χ0v) is 15.8. The first-order valence-electron chi connectivity index (χ1n) is 9.59. The fourth-order valence-corrected chi connectivity index (χ4v) is 3.89. The molecule has 2 aromatic rings. The second kappa shape index (κ2) is 8.11. The largest absolute Gasteiger partial charge is 0.378 e. The van der Waals surface area contributed by atoms with Gasteiger partial charge >= 0.3 is 0 Å². The van der Waals surface area contributed by atoms with Crippen LogP contribution in [0.2, 0.25) is 0 Å². The van der Waals surface area contributed by atoms with E-state index >= 15 is 0 Å². The zero-order chi connectivity index (χ0) is 18.6. The molecular weight excluding hydrogens is 340 g/mol. The predicted molar refractivity (Wildman–Crippen MR) is 105 cm³/mol. The molecule has 1 fully saturated rings. The van der Waals surface area contributed by atoms with Gasteiger partial charge in [0.25, 0.3) is 5.91 Å². The third kappa shape index (κ3) is 3.84. The number of carbonyl (C=O) groups is 1. The third-order valence-electron chi connectivity index (χ3n) is 5.34. The highest BCUT2D eigenvalue weighted by molar-refractivity contribution is 5.83. The van der Waals surface area contributed by atoms with Gasteiger partial charge in [0.05, 0.1) is 19.8 Å². The summed E-state index contributed by atoms with van der Waals surface area (Å²) in [5, 5.41) is 0. The fraction of sp³-hybridized carbons (Fsp3) is 0.409. The first-order chi connectivity index (χ1) is 13.2. The molecule has 0 N–H and O–H groups in total. The number of likely N-dealkylation sites (N-methyl/N-ethyl adjacent to an activating group) is 1. The van der Waals surface area contributed by atoms with E-state index < -0.39 is 6.10 Å². The monoisotopic (exact) mass is 366 g/mol. The van der Waals surface area contributed by atoms with Gasteiger partial charge < -0.3 is 19.3 Å². The molecule has 2 heterocycles. The highest BCUT2D eigenvalue weighted by Gasteiger charge is 2.30. The fourth-order valence-electron chi connectivity index (χ4n) is 3.89. The maximum Gasteiger partial charge on any atom is 0.256 e. The number of amides is 1. The second-order valence-electron chi connectivity index (χ2n) is 7.12. The Balaban J connectivity index is 1.52. The van der Waals surface area contributed by atoms with Crippen LogP contribution in [0.5, 0.6) is 0 Å². The summed E-state index contributed by atoms with van der Waals surface area (Å²) < 4.78 is 11.3. The molecule has 0 radical (unpaired) electrons. The normalized spacial score (nSPS) is 19.4. The Bertz CT molecular complexity index is 802. The highest BCUT2D eigenvalue weighted by atomic mass is 16.5. The summed E-state index contributed by atoms with van der Waals surface area (Å²) >= 11 is 0. The van der Waals surface area contributed by atoms with Crippen LogP contribution in [0.15, 0.2) is 48.5 Å². The van der Waals surface area contributed by atoms with Crippen molar-refractivity contribution in [1.82, 2.24) is 4.90 Å². The molecule has 5 nitrogen and oxygen atoms in total. The molecule has 0 spiro atoms. The SMILES string of the molecule is CN(Cc1ccccc1N1CCOCC1)C(=O)C1OCCc2ccccc21. The van der Waals surface area contributed by atoms with Gasteiger partial charge in [-0.25, -0.2) is 0 Å². The average molecular weight is 366 g/mol. The Labute approximate surface area is 160 Å². The number of morpholine rings is 1. The molecule has 2 aliphatic rings. The summed E-state index contributed by atoms with van der Waals surface area (Å²) in [6.45, 7) is 4.41. The minimum absolute atomic E-state index is 0.0129. The van der Waals surface area contributed by atoms with Crippen LogP contribution in [0.25, 0.3) is 0 Å². The zero-order valence-electron chi connectivity index (χ0n) is 15.8. The first kappa shape index (κ1) is 18.0. The number of hydrogen-bond acceptors (Lipinski definition) is 4. The van der Waals surface area contributed by atoms with Crippen molar-refractivity contribution in [2.24, 2.45) is 0 Å². The predicted octanol–water partition coefficient (Wildman–Crippen LogP) is 2.80. The van der Waals surface area contributed by atoms with E-state index in [4.69, 9.17) is 9.47 Å². The van der Waals surface area contributed by atoms with Gasteiger partial charge in [0.1, 0.15) is 0 Å². The topological polar surface area (TPSA) is 42.0 Å². The van der Waals surface area contributed by atoms with Gasteiger partial charge in [0.2, 0.25) is 0 Å². The van der Waals surface area contributed by atoms with Gasteiger partial charge in [-0.05, 0) is 29.2 Å². The van der Waals surface area contributed by atoms with Crippen molar-refractivity contribution in [3.8, 4) is 0 Å². The Morgan fingerprint density at radius 1 is 1.07 bits per heavy atom. The number of fused-ring (bicyclic) bond motifs is 1. The lowest BCUT2D eigenvalue weighted by molar-refractivity contribution is -0.144. The molecule has 142 valence electrons. The Morgan fingerprint density at radius 2 is 1.81 bits per heavy atom. The van der Waals surface area contributed by atoms with Crippen molar-refractivity contribution < 1.29 is 14.3 Å². The number of carbonyl (C=O) groups excluding carboxylic acids is 1. The minimum atomic E-state index is -0.504. The number of hydrogen-bond donors (Lipinski definition) is 0. The molecule has 1 unspecified atom stereocenters. The number of anilines is 1. The molecule has 1 amide bonds. The van der Waals surface area contributed by atoms with Gasteiger partial charge in [-0.1, -0.05) is 42.5 Å². The van der Waals surface area contributed by atoms with Crippen molar-refractivity contribution in [3.63, 3.8) is 0 Å². The van der Waals surface area contributed by atoms with Crippen LogP contribution in [0.1, 0.15) is 22.8 Å².